The van der Waals surface area contributed by atoms with E-state index in [0.717, 1.165) is 16.8 Å². The number of hydrogen-bond donors (Lipinski definition) is 1. The number of nitrogens with zero attached hydrogens (tertiary/aromatic N) is 1. The molecule has 0 bridgehead atoms. The average Bonchev–Trinajstić information content (AvgIpc) is 2.59. The van der Waals surface area contributed by atoms with E-state index in [0.29, 0.717) is 11.3 Å². The van der Waals surface area contributed by atoms with Crippen LogP contribution in [-0.2, 0) is 24.7 Å². The fraction of sp³-hybridized carbons (Fsp3) is 0.278. The van der Waals surface area contributed by atoms with Crippen molar-refractivity contribution in [1.29, 1.82) is 0 Å². The highest BCUT2D eigenvalue weighted by molar-refractivity contribution is 7.92. The number of carbonyl (C=O) groups excluding carboxylic acids is 1. The number of hydrogen-bond acceptors (Lipinski definition) is 5. The molecule has 0 fully saturated rings. The lowest BCUT2D eigenvalue weighted by Gasteiger charge is -2.23. The predicted octanol–water partition coefficient (Wildman–Crippen LogP) is 1.73. The van der Waals surface area contributed by atoms with Gasteiger partial charge in [-0.3, -0.25) is 9.10 Å². The van der Waals surface area contributed by atoms with E-state index in [-0.39, 0.29) is 11.4 Å². The van der Waals surface area contributed by atoms with Gasteiger partial charge in [0.25, 0.3) is 0 Å². The first-order valence-electron chi connectivity index (χ1n) is 8.10. The highest BCUT2D eigenvalue weighted by Crippen LogP contribution is 2.18. The minimum absolute atomic E-state index is 0.192. The summed E-state index contributed by atoms with van der Waals surface area (Å²) in [5, 5.41) is 2.73. The Balaban J connectivity index is 2.11. The Kier molecular flexibility index (Phi) is 6.27. The third-order valence-corrected chi connectivity index (χ3v) is 6.19. The largest absolute Gasteiger partial charge is 0.348 e. The van der Waals surface area contributed by atoms with Crippen molar-refractivity contribution in [2.24, 2.45) is 0 Å². The Labute approximate surface area is 160 Å². The van der Waals surface area contributed by atoms with Crippen LogP contribution in [0.3, 0.4) is 0 Å². The molecule has 0 spiro atoms. The minimum atomic E-state index is -3.63. The number of para-hydroxylation sites is 1. The summed E-state index contributed by atoms with van der Waals surface area (Å²) in [5.74, 6) is -0.469. The second-order valence-electron chi connectivity index (χ2n) is 6.24. The van der Waals surface area contributed by atoms with Gasteiger partial charge in [0.05, 0.1) is 22.9 Å². The van der Waals surface area contributed by atoms with Crippen LogP contribution in [0, 0.1) is 0 Å². The zero-order valence-corrected chi connectivity index (χ0v) is 16.9. The molecule has 0 saturated heterocycles. The van der Waals surface area contributed by atoms with Crippen LogP contribution in [0.25, 0.3) is 0 Å². The van der Waals surface area contributed by atoms with Crippen molar-refractivity contribution < 1.29 is 21.6 Å². The van der Waals surface area contributed by atoms with E-state index in [4.69, 9.17) is 0 Å². The average molecular weight is 411 g/mol. The molecular formula is C18H22N2O5S2. The van der Waals surface area contributed by atoms with Gasteiger partial charge in [-0.25, -0.2) is 16.8 Å². The van der Waals surface area contributed by atoms with Gasteiger partial charge in [-0.05, 0) is 36.8 Å². The molecule has 0 aliphatic carbocycles. The summed E-state index contributed by atoms with van der Waals surface area (Å²) in [6.45, 7) is 1.38. The lowest BCUT2D eigenvalue weighted by molar-refractivity contribution is -0.120. The highest BCUT2D eigenvalue weighted by atomic mass is 32.2. The lowest BCUT2D eigenvalue weighted by Crippen LogP contribution is -2.41. The van der Waals surface area contributed by atoms with E-state index in [9.17, 15) is 21.6 Å². The molecular weight excluding hydrogens is 388 g/mol. The Bertz CT molecular complexity index is 1000. The maximum absolute atomic E-state index is 12.4. The third-order valence-electron chi connectivity index (χ3n) is 3.92. The lowest BCUT2D eigenvalue weighted by atomic mass is 10.1. The molecule has 1 N–H and O–H groups in total. The molecule has 0 saturated carbocycles. The molecule has 0 heterocycles. The number of anilines is 1. The van der Waals surface area contributed by atoms with Crippen LogP contribution in [0.2, 0.25) is 0 Å². The first-order chi connectivity index (χ1) is 12.5. The molecule has 27 heavy (non-hydrogen) atoms. The van der Waals surface area contributed by atoms with E-state index < -0.39 is 31.8 Å². The van der Waals surface area contributed by atoms with E-state index in [1.54, 1.807) is 49.4 Å². The maximum Gasteiger partial charge on any atom is 0.241 e. The van der Waals surface area contributed by atoms with Gasteiger partial charge in [-0.2, -0.15) is 0 Å². The summed E-state index contributed by atoms with van der Waals surface area (Å²) in [7, 11) is -6.92. The molecule has 0 unspecified atom stereocenters. The molecule has 146 valence electrons. The van der Waals surface area contributed by atoms with Crippen LogP contribution in [0.15, 0.2) is 59.5 Å². The van der Waals surface area contributed by atoms with Crippen molar-refractivity contribution in [2.75, 3.05) is 23.4 Å². The van der Waals surface area contributed by atoms with Crippen molar-refractivity contribution in [1.82, 2.24) is 5.32 Å². The van der Waals surface area contributed by atoms with E-state index >= 15 is 0 Å². The van der Waals surface area contributed by atoms with Crippen molar-refractivity contribution in [3.63, 3.8) is 0 Å². The summed E-state index contributed by atoms with van der Waals surface area (Å²) in [6, 6.07) is 14.1. The molecule has 2 aromatic carbocycles. The van der Waals surface area contributed by atoms with Crippen molar-refractivity contribution >= 4 is 31.5 Å². The standard InChI is InChI=1S/C18H22N2O5S2/c1-14(15-9-11-17(12-10-15)26(2,22)23)19-18(21)13-20(27(3,24)25)16-7-5-4-6-8-16/h4-12,14H,13H2,1-3H3,(H,19,21)/t14-/m1/s1. The molecule has 0 radical (unpaired) electrons. The molecule has 0 aromatic heterocycles. The summed E-state index contributed by atoms with van der Waals surface area (Å²) < 4.78 is 48.1. The number of rotatable bonds is 7. The van der Waals surface area contributed by atoms with Crippen molar-refractivity contribution in [3.05, 3.63) is 60.2 Å². The van der Waals surface area contributed by atoms with Crippen LogP contribution in [0.5, 0.6) is 0 Å². The number of carbonyl (C=O) groups is 1. The summed E-state index contributed by atoms with van der Waals surface area (Å²) in [4.78, 5) is 12.6. The van der Waals surface area contributed by atoms with Crippen LogP contribution in [-0.4, -0.2) is 41.8 Å². The quantitative estimate of drug-likeness (QED) is 0.749. The Hall–Kier alpha value is -2.39. The molecule has 1 atom stereocenters. The van der Waals surface area contributed by atoms with Crippen LogP contribution in [0.4, 0.5) is 5.69 Å². The van der Waals surface area contributed by atoms with E-state index in [1.165, 1.54) is 12.1 Å². The summed E-state index contributed by atoms with van der Waals surface area (Å²) in [5.41, 5.74) is 1.11. The normalized spacial score (nSPS) is 13.0. The summed E-state index contributed by atoms with van der Waals surface area (Å²) in [6.07, 6.45) is 2.16. The fourth-order valence-corrected chi connectivity index (χ4v) is 3.99. The van der Waals surface area contributed by atoms with Gasteiger partial charge in [0.1, 0.15) is 6.54 Å². The molecule has 1 amide bonds. The maximum atomic E-state index is 12.4. The SMILES string of the molecule is C[C@@H](NC(=O)CN(c1ccccc1)S(C)(=O)=O)c1ccc(S(C)(=O)=O)cc1. The Morgan fingerprint density at radius 3 is 2.00 bits per heavy atom. The van der Waals surface area contributed by atoms with Gasteiger partial charge in [0.15, 0.2) is 9.84 Å². The summed E-state index contributed by atoms with van der Waals surface area (Å²) >= 11 is 0. The monoisotopic (exact) mass is 410 g/mol. The number of benzene rings is 2. The van der Waals surface area contributed by atoms with Crippen LogP contribution >= 0.6 is 0 Å². The zero-order valence-electron chi connectivity index (χ0n) is 15.3. The fourth-order valence-electron chi connectivity index (χ4n) is 2.50. The van der Waals surface area contributed by atoms with Gasteiger partial charge in [-0.1, -0.05) is 30.3 Å². The molecule has 2 aromatic rings. The van der Waals surface area contributed by atoms with E-state index in [1.807, 2.05) is 0 Å². The van der Waals surface area contributed by atoms with Crippen molar-refractivity contribution in [3.8, 4) is 0 Å². The van der Waals surface area contributed by atoms with Crippen LogP contribution in [0.1, 0.15) is 18.5 Å². The number of sulfone groups is 1. The van der Waals surface area contributed by atoms with Gasteiger partial charge in [0, 0.05) is 6.26 Å². The Morgan fingerprint density at radius 1 is 0.963 bits per heavy atom. The Morgan fingerprint density at radius 2 is 1.52 bits per heavy atom. The molecule has 0 aliphatic heterocycles. The van der Waals surface area contributed by atoms with Gasteiger partial charge >= 0.3 is 0 Å². The first kappa shape index (κ1) is 20.9. The van der Waals surface area contributed by atoms with Gasteiger partial charge in [-0.15, -0.1) is 0 Å². The number of amides is 1. The van der Waals surface area contributed by atoms with Crippen LogP contribution < -0.4 is 9.62 Å². The topological polar surface area (TPSA) is 101 Å². The molecule has 9 heteroatoms. The zero-order chi connectivity index (χ0) is 20.2. The minimum Gasteiger partial charge on any atom is -0.348 e. The number of sulfonamides is 1. The molecule has 2 rings (SSSR count). The van der Waals surface area contributed by atoms with Gasteiger partial charge < -0.3 is 5.32 Å². The molecule has 0 aliphatic rings. The smallest absolute Gasteiger partial charge is 0.241 e. The van der Waals surface area contributed by atoms with Gasteiger partial charge in [0.2, 0.25) is 15.9 Å². The highest BCUT2D eigenvalue weighted by Gasteiger charge is 2.21. The predicted molar refractivity (Wildman–Crippen MR) is 105 cm³/mol. The molecule has 7 nitrogen and oxygen atoms in total. The second kappa shape index (κ2) is 8.10. The van der Waals surface area contributed by atoms with Crippen molar-refractivity contribution in [2.45, 2.75) is 17.9 Å². The second-order valence-corrected chi connectivity index (χ2v) is 10.2. The number of nitrogens with one attached hydrogen (secondary N) is 1. The first-order valence-corrected chi connectivity index (χ1v) is 11.8. The third kappa shape index (κ3) is 5.80. The van der Waals surface area contributed by atoms with E-state index in [2.05, 4.69) is 5.32 Å².